The standard InChI is InChI=1S/C14H12N4O2/c1-8-2-4-9(5-3-8)20-11-7-16-6-10-12(11)18-14(17-10)13(15)19/h2-7H,1H3,(H2,15,19)(H,17,18). The van der Waals surface area contributed by atoms with Gasteiger partial charge in [-0.2, -0.15) is 0 Å². The summed E-state index contributed by atoms with van der Waals surface area (Å²) >= 11 is 0. The van der Waals surface area contributed by atoms with Crippen LogP contribution in [-0.4, -0.2) is 20.9 Å². The van der Waals surface area contributed by atoms with Gasteiger partial charge >= 0.3 is 0 Å². The number of nitrogens with zero attached hydrogens (tertiary/aromatic N) is 2. The SMILES string of the molecule is Cc1ccc(Oc2cncc3[nH]c(C(N)=O)nc23)cc1. The van der Waals surface area contributed by atoms with E-state index in [-0.39, 0.29) is 5.82 Å². The molecule has 3 N–H and O–H groups in total. The molecule has 0 saturated heterocycles. The van der Waals surface area contributed by atoms with Crippen molar-refractivity contribution in [3.05, 3.63) is 48.0 Å². The lowest BCUT2D eigenvalue weighted by Gasteiger charge is -2.05. The topological polar surface area (TPSA) is 93.9 Å². The number of aromatic nitrogens is 3. The van der Waals surface area contributed by atoms with E-state index >= 15 is 0 Å². The summed E-state index contributed by atoms with van der Waals surface area (Å²) in [6.45, 7) is 2.00. The van der Waals surface area contributed by atoms with E-state index in [2.05, 4.69) is 15.0 Å². The summed E-state index contributed by atoms with van der Waals surface area (Å²) in [6.07, 6.45) is 3.12. The largest absolute Gasteiger partial charge is 0.453 e. The third-order valence-corrected chi connectivity index (χ3v) is 2.84. The van der Waals surface area contributed by atoms with Crippen molar-refractivity contribution < 1.29 is 9.53 Å². The molecule has 6 nitrogen and oxygen atoms in total. The second kappa shape index (κ2) is 4.65. The van der Waals surface area contributed by atoms with Crippen molar-refractivity contribution in [3.8, 4) is 11.5 Å². The number of amides is 1. The third kappa shape index (κ3) is 2.18. The highest BCUT2D eigenvalue weighted by molar-refractivity contribution is 5.94. The van der Waals surface area contributed by atoms with Crippen molar-refractivity contribution in [1.29, 1.82) is 0 Å². The molecular weight excluding hydrogens is 256 g/mol. The number of imidazole rings is 1. The highest BCUT2D eigenvalue weighted by Gasteiger charge is 2.12. The molecule has 1 aromatic carbocycles. The van der Waals surface area contributed by atoms with Crippen LogP contribution in [0.25, 0.3) is 11.0 Å². The zero-order valence-corrected chi connectivity index (χ0v) is 10.8. The second-order valence-corrected chi connectivity index (χ2v) is 4.40. The Bertz CT molecular complexity index is 777. The molecule has 0 aliphatic carbocycles. The Morgan fingerprint density at radius 1 is 1.25 bits per heavy atom. The molecule has 3 rings (SSSR count). The highest BCUT2D eigenvalue weighted by Crippen LogP contribution is 2.27. The number of H-pyrrole nitrogens is 1. The molecule has 2 aromatic heterocycles. The number of nitrogens with two attached hydrogens (primary N) is 1. The van der Waals surface area contributed by atoms with Crippen LogP contribution in [0.1, 0.15) is 16.2 Å². The number of hydrogen-bond donors (Lipinski definition) is 2. The molecule has 0 fully saturated rings. The smallest absolute Gasteiger partial charge is 0.284 e. The van der Waals surface area contributed by atoms with E-state index in [9.17, 15) is 4.79 Å². The van der Waals surface area contributed by atoms with Crippen LogP contribution in [0.5, 0.6) is 11.5 Å². The maximum absolute atomic E-state index is 11.1. The van der Waals surface area contributed by atoms with E-state index < -0.39 is 5.91 Å². The number of nitrogens with one attached hydrogen (secondary N) is 1. The summed E-state index contributed by atoms with van der Waals surface area (Å²) in [5.41, 5.74) is 7.47. The van der Waals surface area contributed by atoms with Gasteiger partial charge in [0.05, 0.1) is 17.9 Å². The first kappa shape index (κ1) is 12.2. The molecule has 0 aliphatic rings. The molecule has 20 heavy (non-hydrogen) atoms. The van der Waals surface area contributed by atoms with Crippen molar-refractivity contribution >= 4 is 16.9 Å². The molecular formula is C14H12N4O2. The average molecular weight is 268 g/mol. The van der Waals surface area contributed by atoms with Gasteiger partial charge in [-0.3, -0.25) is 9.78 Å². The van der Waals surface area contributed by atoms with Crippen LogP contribution in [0.15, 0.2) is 36.7 Å². The Balaban J connectivity index is 2.02. The zero-order valence-electron chi connectivity index (χ0n) is 10.8. The van der Waals surface area contributed by atoms with E-state index in [4.69, 9.17) is 10.5 Å². The van der Waals surface area contributed by atoms with Crippen LogP contribution in [0.2, 0.25) is 0 Å². The van der Waals surface area contributed by atoms with Gasteiger partial charge in [-0.25, -0.2) is 4.98 Å². The van der Waals surface area contributed by atoms with Crippen LogP contribution < -0.4 is 10.5 Å². The number of hydrogen-bond acceptors (Lipinski definition) is 4. The number of ether oxygens (including phenoxy) is 1. The lowest BCUT2D eigenvalue weighted by molar-refractivity contribution is 0.0991. The lowest BCUT2D eigenvalue weighted by atomic mass is 10.2. The summed E-state index contributed by atoms with van der Waals surface area (Å²) in [5.74, 6) is 0.605. The van der Waals surface area contributed by atoms with Crippen LogP contribution in [0.4, 0.5) is 0 Å². The minimum Gasteiger partial charge on any atom is -0.453 e. The van der Waals surface area contributed by atoms with Crippen molar-refractivity contribution in [2.45, 2.75) is 6.92 Å². The van der Waals surface area contributed by atoms with Gasteiger partial charge < -0.3 is 15.5 Å². The van der Waals surface area contributed by atoms with Gasteiger partial charge in [0, 0.05) is 0 Å². The van der Waals surface area contributed by atoms with Crippen LogP contribution in [0, 0.1) is 6.92 Å². The minimum absolute atomic E-state index is 0.0850. The lowest BCUT2D eigenvalue weighted by Crippen LogP contribution is -2.12. The number of rotatable bonds is 3. The minimum atomic E-state index is -0.623. The molecule has 3 aromatic rings. The summed E-state index contributed by atoms with van der Waals surface area (Å²) in [7, 11) is 0. The summed E-state index contributed by atoms with van der Waals surface area (Å²) in [6, 6.07) is 7.61. The van der Waals surface area contributed by atoms with Gasteiger partial charge in [0.15, 0.2) is 11.6 Å². The van der Waals surface area contributed by atoms with Gasteiger partial charge in [-0.1, -0.05) is 17.7 Å². The second-order valence-electron chi connectivity index (χ2n) is 4.40. The van der Waals surface area contributed by atoms with Crippen LogP contribution >= 0.6 is 0 Å². The Kier molecular flexibility index (Phi) is 2.83. The molecule has 0 unspecified atom stereocenters. The quantitative estimate of drug-likeness (QED) is 0.761. The van der Waals surface area contributed by atoms with Crippen molar-refractivity contribution in [3.63, 3.8) is 0 Å². The van der Waals surface area contributed by atoms with E-state index in [1.54, 1.807) is 12.4 Å². The number of aryl methyl sites for hydroxylation is 1. The Labute approximate surface area is 114 Å². The molecule has 1 amide bonds. The summed E-state index contributed by atoms with van der Waals surface area (Å²) < 4.78 is 5.74. The number of aromatic amines is 1. The number of benzene rings is 1. The molecule has 100 valence electrons. The summed E-state index contributed by atoms with van der Waals surface area (Å²) in [4.78, 5) is 22.1. The van der Waals surface area contributed by atoms with Crippen LogP contribution in [-0.2, 0) is 0 Å². The molecule has 2 heterocycles. The predicted molar refractivity (Wildman–Crippen MR) is 73.7 cm³/mol. The monoisotopic (exact) mass is 268 g/mol. The first-order valence-corrected chi connectivity index (χ1v) is 6.01. The van der Waals surface area contributed by atoms with E-state index in [1.165, 1.54) is 0 Å². The fourth-order valence-corrected chi connectivity index (χ4v) is 1.83. The van der Waals surface area contributed by atoms with Crippen molar-refractivity contribution in [1.82, 2.24) is 15.0 Å². The van der Waals surface area contributed by atoms with E-state index in [0.29, 0.717) is 22.5 Å². The molecule has 0 aliphatic heterocycles. The Morgan fingerprint density at radius 2 is 2.00 bits per heavy atom. The van der Waals surface area contributed by atoms with Crippen molar-refractivity contribution in [2.75, 3.05) is 0 Å². The third-order valence-electron chi connectivity index (χ3n) is 2.84. The maximum atomic E-state index is 11.1. The fourth-order valence-electron chi connectivity index (χ4n) is 1.83. The molecule has 0 saturated carbocycles. The zero-order chi connectivity index (χ0) is 14.1. The maximum Gasteiger partial charge on any atom is 0.284 e. The highest BCUT2D eigenvalue weighted by atomic mass is 16.5. The molecule has 0 atom stereocenters. The fraction of sp³-hybridized carbons (Fsp3) is 0.0714. The molecule has 0 bridgehead atoms. The Morgan fingerprint density at radius 3 is 2.70 bits per heavy atom. The first-order chi connectivity index (χ1) is 9.63. The van der Waals surface area contributed by atoms with Gasteiger partial charge in [0.2, 0.25) is 0 Å². The number of carbonyl (C=O) groups is 1. The van der Waals surface area contributed by atoms with Gasteiger partial charge in [-0.05, 0) is 19.1 Å². The van der Waals surface area contributed by atoms with Gasteiger partial charge in [0.1, 0.15) is 11.3 Å². The molecule has 0 spiro atoms. The number of pyridine rings is 1. The van der Waals surface area contributed by atoms with Gasteiger partial charge in [-0.15, -0.1) is 0 Å². The van der Waals surface area contributed by atoms with Crippen LogP contribution in [0.3, 0.4) is 0 Å². The van der Waals surface area contributed by atoms with E-state index in [1.807, 2.05) is 31.2 Å². The van der Waals surface area contributed by atoms with Gasteiger partial charge in [0.25, 0.3) is 5.91 Å². The van der Waals surface area contributed by atoms with E-state index in [0.717, 1.165) is 5.56 Å². The first-order valence-electron chi connectivity index (χ1n) is 6.01. The number of fused-ring (bicyclic) bond motifs is 1. The molecule has 0 radical (unpaired) electrons. The average Bonchev–Trinajstić information content (AvgIpc) is 2.87. The predicted octanol–water partition coefficient (Wildman–Crippen LogP) is 2.16. The Hall–Kier alpha value is -2.89. The summed E-state index contributed by atoms with van der Waals surface area (Å²) in [5, 5.41) is 0. The van der Waals surface area contributed by atoms with Crippen molar-refractivity contribution in [2.24, 2.45) is 5.73 Å². The number of primary amides is 1. The molecule has 6 heteroatoms. The normalized spacial score (nSPS) is 10.7. The number of carbonyl (C=O) groups excluding carboxylic acids is 1.